The van der Waals surface area contributed by atoms with Gasteiger partial charge in [-0.05, 0) is 30.7 Å². The molecule has 0 unspecified atom stereocenters. The molecule has 0 aliphatic carbocycles. The Bertz CT molecular complexity index is 864. The molecule has 2 amide bonds. The lowest BCUT2D eigenvalue weighted by Crippen LogP contribution is -2.13. The van der Waals surface area contributed by atoms with Crippen LogP contribution in [0, 0.1) is 6.92 Å². The molecule has 25 heavy (non-hydrogen) atoms. The molecule has 0 fully saturated rings. The number of amides is 2. The van der Waals surface area contributed by atoms with Crippen LogP contribution in [-0.2, 0) is 9.53 Å². The van der Waals surface area contributed by atoms with Gasteiger partial charge in [0.15, 0.2) is 0 Å². The molecular weight excluding hydrogens is 387 g/mol. The van der Waals surface area contributed by atoms with Crippen LogP contribution in [0.2, 0.25) is 10.0 Å². The van der Waals surface area contributed by atoms with Crippen LogP contribution in [0.4, 0.5) is 10.7 Å². The Hall–Kier alpha value is -2.09. The molecule has 0 aliphatic heterocycles. The Morgan fingerprint density at radius 1 is 1.16 bits per heavy atom. The van der Waals surface area contributed by atoms with Gasteiger partial charge in [-0.15, -0.1) is 11.3 Å². The van der Waals surface area contributed by atoms with Crippen LogP contribution >= 0.6 is 34.5 Å². The first-order valence-electron chi connectivity index (χ1n) is 7.00. The third-order valence-corrected chi connectivity index (χ3v) is 4.98. The molecule has 1 aromatic heterocycles. The molecule has 1 heterocycles. The van der Waals surface area contributed by atoms with Crippen molar-refractivity contribution < 1.29 is 19.1 Å². The molecule has 0 aliphatic rings. The van der Waals surface area contributed by atoms with E-state index in [1.54, 1.807) is 19.1 Å². The largest absolute Gasteiger partial charge is 0.465 e. The smallest absolute Gasteiger partial charge is 0.341 e. The average molecular weight is 401 g/mol. The number of ether oxygens (including phenoxy) is 1. The first-order valence-corrected chi connectivity index (χ1v) is 8.57. The summed E-state index contributed by atoms with van der Waals surface area (Å²) in [6, 6.07) is 4.67. The van der Waals surface area contributed by atoms with Gasteiger partial charge in [0.2, 0.25) is 5.91 Å². The van der Waals surface area contributed by atoms with Crippen molar-refractivity contribution in [1.82, 2.24) is 0 Å². The SMILES string of the molecule is COC(=O)c1c(NC(C)=O)sc(C(=O)Nc2cc(Cl)ccc2Cl)c1C. The number of anilines is 2. The lowest BCUT2D eigenvalue weighted by atomic mass is 10.1. The maximum atomic E-state index is 12.6. The van der Waals surface area contributed by atoms with Crippen molar-refractivity contribution in [3.8, 4) is 0 Å². The van der Waals surface area contributed by atoms with Gasteiger partial charge in [-0.2, -0.15) is 0 Å². The van der Waals surface area contributed by atoms with Crippen LogP contribution in [0.25, 0.3) is 0 Å². The van der Waals surface area contributed by atoms with E-state index >= 15 is 0 Å². The van der Waals surface area contributed by atoms with E-state index in [0.717, 1.165) is 11.3 Å². The average Bonchev–Trinajstić information content (AvgIpc) is 2.86. The van der Waals surface area contributed by atoms with Crippen LogP contribution in [-0.4, -0.2) is 24.9 Å². The van der Waals surface area contributed by atoms with Crippen molar-refractivity contribution >= 4 is 63.0 Å². The van der Waals surface area contributed by atoms with Gasteiger partial charge in [-0.3, -0.25) is 9.59 Å². The quantitative estimate of drug-likeness (QED) is 0.746. The second-order valence-electron chi connectivity index (χ2n) is 5.01. The number of carbonyl (C=O) groups excluding carboxylic acids is 3. The highest BCUT2D eigenvalue weighted by atomic mass is 35.5. The zero-order valence-electron chi connectivity index (χ0n) is 13.5. The van der Waals surface area contributed by atoms with Gasteiger partial charge in [-0.1, -0.05) is 23.2 Å². The monoisotopic (exact) mass is 400 g/mol. The van der Waals surface area contributed by atoms with Gasteiger partial charge in [-0.25, -0.2) is 4.79 Å². The van der Waals surface area contributed by atoms with Crippen LogP contribution < -0.4 is 10.6 Å². The number of hydrogen-bond acceptors (Lipinski definition) is 5. The van der Waals surface area contributed by atoms with E-state index in [1.165, 1.54) is 20.1 Å². The predicted molar refractivity (Wildman–Crippen MR) is 99.1 cm³/mol. The predicted octanol–water partition coefficient (Wildman–Crippen LogP) is 4.36. The van der Waals surface area contributed by atoms with E-state index in [1.807, 2.05) is 0 Å². The summed E-state index contributed by atoms with van der Waals surface area (Å²) in [6.45, 7) is 2.91. The number of carbonyl (C=O) groups is 3. The minimum Gasteiger partial charge on any atom is -0.465 e. The Kier molecular flexibility index (Phi) is 6.05. The summed E-state index contributed by atoms with van der Waals surface area (Å²) in [5, 5.41) is 6.17. The summed E-state index contributed by atoms with van der Waals surface area (Å²) >= 11 is 12.9. The van der Waals surface area contributed by atoms with Crippen molar-refractivity contribution in [2.45, 2.75) is 13.8 Å². The molecule has 0 saturated carbocycles. The summed E-state index contributed by atoms with van der Waals surface area (Å²) in [6.07, 6.45) is 0. The van der Waals surface area contributed by atoms with E-state index in [4.69, 9.17) is 27.9 Å². The molecule has 2 N–H and O–H groups in total. The number of halogens is 2. The minimum atomic E-state index is -0.641. The van der Waals surface area contributed by atoms with Crippen LogP contribution in [0.1, 0.15) is 32.5 Å². The lowest BCUT2D eigenvalue weighted by Gasteiger charge is -2.07. The van der Waals surface area contributed by atoms with E-state index < -0.39 is 11.9 Å². The Morgan fingerprint density at radius 2 is 1.84 bits per heavy atom. The minimum absolute atomic E-state index is 0.144. The molecule has 0 radical (unpaired) electrons. The summed E-state index contributed by atoms with van der Waals surface area (Å²) in [4.78, 5) is 36.2. The first kappa shape index (κ1) is 19.2. The normalized spacial score (nSPS) is 10.3. The standard InChI is InChI=1S/C16H14Cl2N2O4S/c1-7-12(16(23)24-3)15(19-8(2)21)25-13(7)14(22)20-11-6-9(17)4-5-10(11)18/h4-6H,1-3H3,(H,19,21)(H,20,22). The first-order chi connectivity index (χ1) is 11.7. The fourth-order valence-electron chi connectivity index (χ4n) is 2.10. The van der Waals surface area contributed by atoms with Crippen LogP contribution in [0.15, 0.2) is 18.2 Å². The summed E-state index contributed by atoms with van der Waals surface area (Å²) in [5.41, 5.74) is 0.883. The van der Waals surface area contributed by atoms with Crippen LogP contribution in [0.3, 0.4) is 0 Å². The number of rotatable bonds is 4. The maximum absolute atomic E-state index is 12.6. The second kappa shape index (κ2) is 7.86. The highest BCUT2D eigenvalue weighted by Gasteiger charge is 2.26. The molecule has 1 aromatic carbocycles. The molecule has 0 atom stereocenters. The molecule has 2 aromatic rings. The van der Waals surface area contributed by atoms with Crippen molar-refractivity contribution in [3.63, 3.8) is 0 Å². The Morgan fingerprint density at radius 3 is 2.44 bits per heavy atom. The van der Waals surface area contributed by atoms with E-state index in [0.29, 0.717) is 21.3 Å². The highest BCUT2D eigenvalue weighted by Crippen LogP contribution is 2.35. The van der Waals surface area contributed by atoms with E-state index in [9.17, 15) is 14.4 Å². The number of methoxy groups -OCH3 is 1. The summed E-state index contributed by atoms with van der Waals surface area (Å²) < 4.78 is 4.73. The zero-order chi connectivity index (χ0) is 18.7. The van der Waals surface area contributed by atoms with Gasteiger partial charge in [0.1, 0.15) is 5.00 Å². The van der Waals surface area contributed by atoms with Gasteiger partial charge < -0.3 is 15.4 Å². The van der Waals surface area contributed by atoms with Gasteiger partial charge in [0.25, 0.3) is 5.91 Å². The van der Waals surface area contributed by atoms with Crippen molar-refractivity contribution in [2.24, 2.45) is 0 Å². The Labute approximate surface area is 158 Å². The fourth-order valence-corrected chi connectivity index (χ4v) is 3.57. The highest BCUT2D eigenvalue weighted by molar-refractivity contribution is 7.18. The molecule has 2 rings (SSSR count). The molecule has 0 bridgehead atoms. The Balaban J connectivity index is 2.42. The van der Waals surface area contributed by atoms with Gasteiger partial charge in [0, 0.05) is 11.9 Å². The lowest BCUT2D eigenvalue weighted by molar-refractivity contribution is -0.114. The van der Waals surface area contributed by atoms with Crippen molar-refractivity contribution in [1.29, 1.82) is 0 Å². The van der Waals surface area contributed by atoms with E-state index in [2.05, 4.69) is 10.6 Å². The molecule has 0 saturated heterocycles. The fraction of sp³-hybridized carbons (Fsp3) is 0.188. The third-order valence-electron chi connectivity index (χ3n) is 3.21. The number of hydrogen-bond donors (Lipinski definition) is 2. The molecular formula is C16H14Cl2N2O4S. The van der Waals surface area contributed by atoms with Gasteiger partial charge in [0.05, 0.1) is 28.3 Å². The van der Waals surface area contributed by atoms with E-state index in [-0.39, 0.29) is 21.3 Å². The summed E-state index contributed by atoms with van der Waals surface area (Å²) in [7, 11) is 1.22. The van der Waals surface area contributed by atoms with Crippen molar-refractivity contribution in [3.05, 3.63) is 44.2 Å². The number of nitrogens with one attached hydrogen (secondary N) is 2. The number of benzene rings is 1. The maximum Gasteiger partial charge on any atom is 0.341 e. The molecule has 0 spiro atoms. The van der Waals surface area contributed by atoms with Crippen LogP contribution in [0.5, 0.6) is 0 Å². The number of thiophene rings is 1. The summed E-state index contributed by atoms with van der Waals surface area (Å²) in [5.74, 6) is -1.48. The third kappa shape index (κ3) is 4.31. The molecule has 6 nitrogen and oxygen atoms in total. The number of esters is 1. The zero-order valence-corrected chi connectivity index (χ0v) is 15.9. The molecule has 9 heteroatoms. The topological polar surface area (TPSA) is 84.5 Å². The molecule has 132 valence electrons. The van der Waals surface area contributed by atoms with Crippen molar-refractivity contribution in [2.75, 3.05) is 17.7 Å². The van der Waals surface area contributed by atoms with Gasteiger partial charge >= 0.3 is 5.97 Å². The second-order valence-corrected chi connectivity index (χ2v) is 6.88.